The maximum absolute atomic E-state index is 12.2. The Kier molecular flexibility index (Phi) is 4.99. The van der Waals surface area contributed by atoms with Crippen molar-refractivity contribution >= 4 is 5.91 Å². The number of hydrogen-bond acceptors (Lipinski definition) is 2. The van der Waals surface area contributed by atoms with Crippen molar-refractivity contribution in [2.75, 3.05) is 13.7 Å². The number of hydrogen-bond donors (Lipinski definition) is 0. The summed E-state index contributed by atoms with van der Waals surface area (Å²) in [6.07, 6.45) is 9.27. The van der Waals surface area contributed by atoms with Crippen LogP contribution in [0.5, 0.6) is 5.75 Å². The number of amides is 1. The summed E-state index contributed by atoms with van der Waals surface area (Å²) in [7, 11) is 1.66. The monoisotopic (exact) mass is 271 g/mol. The summed E-state index contributed by atoms with van der Waals surface area (Å²) in [5.41, 5.74) is 1.15. The van der Waals surface area contributed by atoms with Crippen LogP contribution in [-0.4, -0.2) is 24.5 Å². The lowest BCUT2D eigenvalue weighted by atomic mass is 10.0. The predicted octanol–water partition coefficient (Wildman–Crippen LogP) is 3.49. The smallest absolute Gasteiger partial charge is 0.247 e. The van der Waals surface area contributed by atoms with E-state index in [1.165, 1.54) is 0 Å². The molecule has 0 aliphatic carbocycles. The molecule has 1 aliphatic heterocycles. The number of ether oxygens (including phenoxy) is 1. The van der Waals surface area contributed by atoms with E-state index in [0.29, 0.717) is 0 Å². The molecule has 0 aromatic heterocycles. The first-order valence-electron chi connectivity index (χ1n) is 7.00. The van der Waals surface area contributed by atoms with Crippen molar-refractivity contribution in [1.82, 2.24) is 4.90 Å². The van der Waals surface area contributed by atoms with Gasteiger partial charge in [0.1, 0.15) is 5.75 Å². The zero-order valence-electron chi connectivity index (χ0n) is 12.1. The first-order chi connectivity index (χ1) is 9.76. The van der Waals surface area contributed by atoms with Crippen LogP contribution in [0.4, 0.5) is 0 Å². The standard InChI is InChI=1S/C17H21NO2/c1-3-4-5-11-17(19)18-12-7-10-16(18)14-8-6-9-15(13-14)20-2/h3-6,8-9,11,13,16H,7,10,12H2,1-2H3/b4-3+,11-5-/t16-/m1/s1. The Balaban J connectivity index is 2.16. The Bertz CT molecular complexity index is 519. The third-order valence-electron chi connectivity index (χ3n) is 3.56. The highest BCUT2D eigenvalue weighted by Gasteiger charge is 2.28. The molecule has 1 fully saturated rings. The molecule has 2 rings (SSSR count). The van der Waals surface area contributed by atoms with Gasteiger partial charge < -0.3 is 9.64 Å². The fourth-order valence-electron chi connectivity index (χ4n) is 2.57. The van der Waals surface area contributed by atoms with Crippen LogP contribution in [0, 0.1) is 0 Å². The predicted molar refractivity (Wildman–Crippen MR) is 80.6 cm³/mol. The van der Waals surface area contributed by atoms with Crippen LogP contribution in [0.1, 0.15) is 31.4 Å². The molecule has 1 amide bonds. The van der Waals surface area contributed by atoms with E-state index in [0.717, 1.165) is 30.7 Å². The topological polar surface area (TPSA) is 29.5 Å². The van der Waals surface area contributed by atoms with E-state index >= 15 is 0 Å². The quantitative estimate of drug-likeness (QED) is 0.619. The highest BCUT2D eigenvalue weighted by molar-refractivity contribution is 5.88. The molecule has 3 nitrogen and oxygen atoms in total. The third kappa shape index (κ3) is 3.29. The Morgan fingerprint density at radius 2 is 2.25 bits per heavy atom. The summed E-state index contributed by atoms with van der Waals surface area (Å²) in [6, 6.07) is 8.15. The van der Waals surface area contributed by atoms with Crippen LogP contribution in [-0.2, 0) is 4.79 Å². The maximum Gasteiger partial charge on any atom is 0.247 e. The number of carbonyl (C=O) groups is 1. The average Bonchev–Trinajstić information content (AvgIpc) is 2.97. The van der Waals surface area contributed by atoms with Crippen molar-refractivity contribution < 1.29 is 9.53 Å². The van der Waals surface area contributed by atoms with Gasteiger partial charge in [0.15, 0.2) is 0 Å². The highest BCUT2D eigenvalue weighted by atomic mass is 16.5. The Morgan fingerprint density at radius 1 is 1.40 bits per heavy atom. The van der Waals surface area contributed by atoms with Gasteiger partial charge in [0.05, 0.1) is 13.2 Å². The molecule has 0 N–H and O–H groups in total. The molecule has 20 heavy (non-hydrogen) atoms. The molecule has 1 aromatic carbocycles. The second-order valence-electron chi connectivity index (χ2n) is 4.85. The first kappa shape index (κ1) is 14.4. The van der Waals surface area contributed by atoms with Crippen LogP contribution in [0.2, 0.25) is 0 Å². The molecular weight excluding hydrogens is 250 g/mol. The third-order valence-corrected chi connectivity index (χ3v) is 3.56. The van der Waals surface area contributed by atoms with Gasteiger partial charge in [-0.25, -0.2) is 0 Å². The lowest BCUT2D eigenvalue weighted by Gasteiger charge is -2.24. The number of likely N-dealkylation sites (tertiary alicyclic amines) is 1. The number of carbonyl (C=O) groups excluding carboxylic acids is 1. The summed E-state index contributed by atoms with van der Waals surface area (Å²) in [6.45, 7) is 2.75. The van der Waals surface area contributed by atoms with E-state index in [-0.39, 0.29) is 11.9 Å². The number of allylic oxidation sites excluding steroid dienone is 3. The van der Waals surface area contributed by atoms with Crippen LogP contribution < -0.4 is 4.74 Å². The van der Waals surface area contributed by atoms with Gasteiger partial charge in [0.25, 0.3) is 0 Å². The summed E-state index contributed by atoms with van der Waals surface area (Å²) < 4.78 is 5.26. The fraction of sp³-hybridized carbons (Fsp3) is 0.353. The molecule has 0 bridgehead atoms. The highest BCUT2D eigenvalue weighted by Crippen LogP contribution is 2.33. The molecule has 1 saturated heterocycles. The van der Waals surface area contributed by atoms with E-state index in [4.69, 9.17) is 4.74 Å². The van der Waals surface area contributed by atoms with Gasteiger partial charge in [-0.1, -0.05) is 30.4 Å². The zero-order chi connectivity index (χ0) is 14.4. The normalized spacial score (nSPS) is 19.1. The van der Waals surface area contributed by atoms with E-state index in [1.54, 1.807) is 19.3 Å². The maximum atomic E-state index is 12.2. The molecule has 1 atom stereocenters. The van der Waals surface area contributed by atoms with Crippen molar-refractivity contribution in [3.63, 3.8) is 0 Å². The Morgan fingerprint density at radius 3 is 3.00 bits per heavy atom. The number of rotatable bonds is 4. The fourth-order valence-corrected chi connectivity index (χ4v) is 2.57. The molecule has 1 aromatic rings. The number of nitrogens with zero attached hydrogens (tertiary/aromatic N) is 1. The molecule has 0 unspecified atom stereocenters. The van der Waals surface area contributed by atoms with Crippen molar-refractivity contribution in [3.05, 3.63) is 54.1 Å². The van der Waals surface area contributed by atoms with Gasteiger partial charge in [0.2, 0.25) is 5.91 Å². The SMILES string of the molecule is C/C=C/C=C\C(=O)N1CCC[C@@H]1c1cccc(OC)c1. The van der Waals surface area contributed by atoms with Crippen molar-refractivity contribution in [3.8, 4) is 5.75 Å². The van der Waals surface area contributed by atoms with Crippen LogP contribution in [0.3, 0.4) is 0 Å². The summed E-state index contributed by atoms with van der Waals surface area (Å²) in [5, 5.41) is 0. The van der Waals surface area contributed by atoms with Crippen LogP contribution >= 0.6 is 0 Å². The van der Waals surface area contributed by atoms with Crippen molar-refractivity contribution in [2.45, 2.75) is 25.8 Å². The van der Waals surface area contributed by atoms with Gasteiger partial charge in [0, 0.05) is 12.6 Å². The largest absolute Gasteiger partial charge is 0.497 e. The summed E-state index contributed by atoms with van der Waals surface area (Å²) >= 11 is 0. The minimum absolute atomic E-state index is 0.0772. The zero-order valence-corrected chi connectivity index (χ0v) is 12.1. The summed E-state index contributed by atoms with van der Waals surface area (Å²) in [4.78, 5) is 14.2. The van der Waals surface area contributed by atoms with Gasteiger partial charge >= 0.3 is 0 Å². The average molecular weight is 271 g/mol. The molecule has 0 saturated carbocycles. The van der Waals surface area contributed by atoms with Gasteiger partial charge in [-0.2, -0.15) is 0 Å². The molecule has 106 valence electrons. The second-order valence-corrected chi connectivity index (χ2v) is 4.85. The lowest BCUT2D eigenvalue weighted by Crippen LogP contribution is -2.28. The van der Waals surface area contributed by atoms with Crippen molar-refractivity contribution in [2.24, 2.45) is 0 Å². The minimum Gasteiger partial charge on any atom is -0.497 e. The minimum atomic E-state index is 0.0772. The van der Waals surface area contributed by atoms with E-state index in [2.05, 4.69) is 6.07 Å². The van der Waals surface area contributed by atoms with Gasteiger partial charge in [-0.05, 0) is 37.5 Å². The Hall–Kier alpha value is -2.03. The van der Waals surface area contributed by atoms with Gasteiger partial charge in [-0.3, -0.25) is 4.79 Å². The second kappa shape index (κ2) is 6.94. The molecule has 1 aliphatic rings. The van der Waals surface area contributed by atoms with Crippen LogP contribution in [0.15, 0.2) is 48.6 Å². The van der Waals surface area contributed by atoms with E-state index in [9.17, 15) is 4.79 Å². The molecular formula is C17H21NO2. The summed E-state index contributed by atoms with van der Waals surface area (Å²) in [5.74, 6) is 0.916. The lowest BCUT2D eigenvalue weighted by molar-refractivity contribution is -0.126. The van der Waals surface area contributed by atoms with E-state index in [1.807, 2.05) is 42.2 Å². The number of benzene rings is 1. The molecule has 3 heteroatoms. The Labute approximate surface area is 120 Å². The van der Waals surface area contributed by atoms with Crippen molar-refractivity contribution in [1.29, 1.82) is 0 Å². The molecule has 1 heterocycles. The first-order valence-corrected chi connectivity index (χ1v) is 7.00. The molecule has 0 spiro atoms. The number of methoxy groups -OCH3 is 1. The molecule has 0 radical (unpaired) electrons. The van der Waals surface area contributed by atoms with Crippen LogP contribution in [0.25, 0.3) is 0 Å². The van der Waals surface area contributed by atoms with E-state index < -0.39 is 0 Å². The van der Waals surface area contributed by atoms with Gasteiger partial charge in [-0.15, -0.1) is 0 Å².